The third-order valence-electron chi connectivity index (χ3n) is 4.46. The van der Waals surface area contributed by atoms with Crippen LogP contribution in [0.25, 0.3) is 0 Å². The number of rotatable bonds is 3. The Hall–Kier alpha value is -0.610. The molecule has 118 valence electrons. The van der Waals surface area contributed by atoms with Gasteiger partial charge in [0.2, 0.25) is 5.91 Å². The molecule has 0 spiro atoms. The SMILES string of the molecule is CC.CN1CCC(CCC(=O)N2CCN(C)CC2)CC1. The summed E-state index contributed by atoms with van der Waals surface area (Å²) in [7, 11) is 4.31. The summed E-state index contributed by atoms with van der Waals surface area (Å²) in [6.45, 7) is 10.3. The van der Waals surface area contributed by atoms with Crippen molar-refractivity contribution >= 4 is 5.91 Å². The van der Waals surface area contributed by atoms with Crippen LogP contribution in [-0.2, 0) is 4.79 Å². The van der Waals surface area contributed by atoms with Crippen molar-refractivity contribution in [2.45, 2.75) is 39.5 Å². The summed E-state index contributed by atoms with van der Waals surface area (Å²) in [5, 5.41) is 0. The molecule has 0 aliphatic carbocycles. The van der Waals surface area contributed by atoms with Gasteiger partial charge >= 0.3 is 0 Å². The van der Waals surface area contributed by atoms with E-state index in [0.29, 0.717) is 5.91 Å². The minimum absolute atomic E-state index is 0.377. The highest BCUT2D eigenvalue weighted by Gasteiger charge is 2.21. The van der Waals surface area contributed by atoms with Crippen molar-refractivity contribution in [3.05, 3.63) is 0 Å². The van der Waals surface area contributed by atoms with Gasteiger partial charge in [-0.1, -0.05) is 13.8 Å². The summed E-state index contributed by atoms with van der Waals surface area (Å²) in [6.07, 6.45) is 4.40. The summed E-state index contributed by atoms with van der Waals surface area (Å²) in [4.78, 5) is 18.8. The highest BCUT2D eigenvalue weighted by atomic mass is 16.2. The summed E-state index contributed by atoms with van der Waals surface area (Å²) in [6, 6.07) is 0. The predicted octanol–water partition coefficient (Wildman–Crippen LogP) is 1.91. The smallest absolute Gasteiger partial charge is 0.222 e. The van der Waals surface area contributed by atoms with Crippen LogP contribution in [0.4, 0.5) is 0 Å². The zero-order valence-corrected chi connectivity index (χ0v) is 13.9. The molecule has 2 fully saturated rings. The molecule has 2 rings (SSSR count). The van der Waals surface area contributed by atoms with Gasteiger partial charge in [-0.2, -0.15) is 0 Å². The first kappa shape index (κ1) is 17.4. The van der Waals surface area contributed by atoms with Crippen LogP contribution in [0.3, 0.4) is 0 Å². The zero-order chi connectivity index (χ0) is 15.0. The van der Waals surface area contributed by atoms with Gasteiger partial charge < -0.3 is 14.7 Å². The number of carbonyl (C=O) groups is 1. The fourth-order valence-electron chi connectivity index (χ4n) is 2.89. The van der Waals surface area contributed by atoms with Gasteiger partial charge in [-0.05, 0) is 52.4 Å². The van der Waals surface area contributed by atoms with E-state index < -0.39 is 0 Å². The van der Waals surface area contributed by atoms with Crippen molar-refractivity contribution in [1.29, 1.82) is 0 Å². The van der Waals surface area contributed by atoms with Gasteiger partial charge in [0.25, 0.3) is 0 Å². The number of amides is 1. The van der Waals surface area contributed by atoms with E-state index in [4.69, 9.17) is 0 Å². The monoisotopic (exact) mass is 283 g/mol. The third kappa shape index (κ3) is 5.80. The molecule has 0 unspecified atom stereocenters. The summed E-state index contributed by atoms with van der Waals surface area (Å²) in [5.41, 5.74) is 0. The van der Waals surface area contributed by atoms with Crippen LogP contribution in [0, 0.1) is 5.92 Å². The highest BCUT2D eigenvalue weighted by molar-refractivity contribution is 5.76. The molecular weight excluding hydrogens is 250 g/mol. The van der Waals surface area contributed by atoms with Gasteiger partial charge in [0.05, 0.1) is 0 Å². The lowest BCUT2D eigenvalue weighted by Gasteiger charge is -2.33. The van der Waals surface area contributed by atoms with Gasteiger partial charge in [0.1, 0.15) is 0 Å². The van der Waals surface area contributed by atoms with Crippen LogP contribution < -0.4 is 0 Å². The number of piperidine rings is 1. The van der Waals surface area contributed by atoms with E-state index in [1.54, 1.807) is 0 Å². The molecule has 2 saturated heterocycles. The van der Waals surface area contributed by atoms with Crippen molar-refractivity contribution < 1.29 is 4.79 Å². The Morgan fingerprint density at radius 2 is 1.40 bits per heavy atom. The molecule has 2 heterocycles. The number of likely N-dealkylation sites (tertiary alicyclic amines) is 1. The van der Waals surface area contributed by atoms with Crippen LogP contribution >= 0.6 is 0 Å². The van der Waals surface area contributed by atoms with E-state index in [-0.39, 0.29) is 0 Å². The Bertz CT molecular complexity index is 267. The Kier molecular flexibility index (Phi) is 8.15. The molecule has 0 radical (unpaired) electrons. The average Bonchev–Trinajstić information content (AvgIpc) is 2.49. The molecule has 1 amide bonds. The summed E-state index contributed by atoms with van der Waals surface area (Å²) in [5.74, 6) is 1.15. The lowest BCUT2D eigenvalue weighted by Crippen LogP contribution is -2.47. The molecule has 2 aliphatic heterocycles. The second kappa shape index (κ2) is 9.35. The molecule has 0 saturated carbocycles. The maximum absolute atomic E-state index is 12.1. The fourth-order valence-corrected chi connectivity index (χ4v) is 2.89. The van der Waals surface area contributed by atoms with Crippen LogP contribution in [0.1, 0.15) is 39.5 Å². The first-order valence-corrected chi connectivity index (χ1v) is 8.30. The van der Waals surface area contributed by atoms with E-state index in [1.165, 1.54) is 25.9 Å². The molecule has 0 N–H and O–H groups in total. The van der Waals surface area contributed by atoms with Crippen LogP contribution in [-0.4, -0.2) is 74.0 Å². The maximum Gasteiger partial charge on any atom is 0.222 e. The fraction of sp³-hybridized carbons (Fsp3) is 0.938. The van der Waals surface area contributed by atoms with Crippen LogP contribution in [0.15, 0.2) is 0 Å². The Morgan fingerprint density at radius 1 is 0.900 bits per heavy atom. The van der Waals surface area contributed by atoms with Gasteiger partial charge in [0.15, 0.2) is 0 Å². The quantitative estimate of drug-likeness (QED) is 0.791. The predicted molar refractivity (Wildman–Crippen MR) is 84.9 cm³/mol. The standard InChI is InChI=1S/C14H27N3O.C2H6/c1-15-7-5-13(6-8-15)3-4-14(18)17-11-9-16(2)10-12-17;1-2/h13H,3-12H2,1-2H3;1-2H3. The van der Waals surface area contributed by atoms with Gasteiger partial charge in [-0.3, -0.25) is 4.79 Å². The second-order valence-electron chi connectivity index (χ2n) is 5.97. The van der Waals surface area contributed by atoms with Crippen molar-refractivity contribution in [3.8, 4) is 0 Å². The molecule has 0 aromatic carbocycles. The first-order valence-electron chi connectivity index (χ1n) is 8.30. The lowest BCUT2D eigenvalue weighted by atomic mass is 9.92. The van der Waals surface area contributed by atoms with Gasteiger partial charge in [-0.15, -0.1) is 0 Å². The maximum atomic E-state index is 12.1. The second-order valence-corrected chi connectivity index (χ2v) is 5.97. The number of nitrogens with zero attached hydrogens (tertiary/aromatic N) is 3. The third-order valence-corrected chi connectivity index (χ3v) is 4.46. The molecule has 0 atom stereocenters. The minimum atomic E-state index is 0.377. The number of piperazine rings is 1. The normalized spacial score (nSPS) is 22.3. The Labute approximate surface area is 125 Å². The number of hydrogen-bond acceptors (Lipinski definition) is 3. The summed E-state index contributed by atoms with van der Waals surface area (Å²) >= 11 is 0. The largest absolute Gasteiger partial charge is 0.340 e. The van der Waals surface area contributed by atoms with E-state index >= 15 is 0 Å². The van der Waals surface area contributed by atoms with E-state index in [9.17, 15) is 4.79 Å². The molecule has 0 bridgehead atoms. The zero-order valence-electron chi connectivity index (χ0n) is 13.9. The molecule has 20 heavy (non-hydrogen) atoms. The van der Waals surface area contributed by atoms with Crippen molar-refractivity contribution in [2.24, 2.45) is 5.92 Å². The van der Waals surface area contributed by atoms with Gasteiger partial charge in [0, 0.05) is 32.6 Å². The minimum Gasteiger partial charge on any atom is -0.340 e. The molecule has 0 aromatic rings. The summed E-state index contributed by atoms with van der Waals surface area (Å²) < 4.78 is 0. The number of likely N-dealkylation sites (N-methyl/N-ethyl adjacent to an activating group) is 1. The molecular formula is C16H33N3O. The van der Waals surface area contributed by atoms with E-state index in [0.717, 1.165) is 44.9 Å². The van der Waals surface area contributed by atoms with Gasteiger partial charge in [-0.25, -0.2) is 0 Å². The first-order chi connectivity index (χ1) is 9.65. The lowest BCUT2D eigenvalue weighted by molar-refractivity contribution is -0.133. The average molecular weight is 283 g/mol. The number of hydrogen-bond donors (Lipinski definition) is 0. The number of carbonyl (C=O) groups excluding carboxylic acids is 1. The van der Waals surface area contributed by atoms with Crippen LogP contribution in [0.2, 0.25) is 0 Å². The highest BCUT2D eigenvalue weighted by Crippen LogP contribution is 2.21. The van der Waals surface area contributed by atoms with E-state index in [2.05, 4.69) is 28.8 Å². The molecule has 0 aromatic heterocycles. The van der Waals surface area contributed by atoms with Crippen molar-refractivity contribution in [1.82, 2.24) is 14.7 Å². The Morgan fingerprint density at radius 3 is 1.95 bits per heavy atom. The Balaban J connectivity index is 0.000000956. The molecule has 2 aliphatic rings. The van der Waals surface area contributed by atoms with Crippen LogP contribution in [0.5, 0.6) is 0 Å². The van der Waals surface area contributed by atoms with Crippen molar-refractivity contribution in [2.75, 3.05) is 53.4 Å². The molecule has 4 nitrogen and oxygen atoms in total. The van der Waals surface area contributed by atoms with Crippen molar-refractivity contribution in [3.63, 3.8) is 0 Å². The topological polar surface area (TPSA) is 26.8 Å². The van der Waals surface area contributed by atoms with E-state index in [1.807, 2.05) is 13.8 Å². The molecule has 4 heteroatoms.